The van der Waals surface area contributed by atoms with Gasteiger partial charge in [-0.25, -0.2) is 4.79 Å². The summed E-state index contributed by atoms with van der Waals surface area (Å²) in [4.78, 5) is 41.0. The fraction of sp³-hybridized carbons (Fsp3) is 0.0952. The molecule has 0 radical (unpaired) electrons. The molecule has 29 heavy (non-hydrogen) atoms. The van der Waals surface area contributed by atoms with Crippen LogP contribution in [0.25, 0.3) is 11.4 Å². The lowest BCUT2D eigenvalue weighted by Crippen LogP contribution is -2.38. The molecule has 0 saturated carbocycles. The van der Waals surface area contributed by atoms with Crippen LogP contribution in [0.2, 0.25) is 0 Å². The molecule has 0 saturated heterocycles. The molecule has 0 aliphatic carbocycles. The minimum absolute atomic E-state index is 0.0628. The minimum Gasteiger partial charge on any atom is -0.480 e. The molecule has 3 aromatic rings. The highest BCUT2D eigenvalue weighted by atomic mass is 16.4. The largest absolute Gasteiger partial charge is 0.480 e. The molecule has 8 nitrogen and oxygen atoms in total. The number of hydrogen-bond donors (Lipinski definition) is 3. The number of hydrogen-bond acceptors (Lipinski definition) is 5. The number of carbonyl (C=O) groups excluding carboxylic acids is 1. The van der Waals surface area contributed by atoms with E-state index in [4.69, 9.17) is 10.2 Å². The van der Waals surface area contributed by atoms with Gasteiger partial charge in [0.25, 0.3) is 5.91 Å². The number of benzene rings is 1. The molecule has 1 aromatic carbocycles. The molecule has 148 valence electrons. The normalized spacial score (nSPS) is 10.8. The van der Waals surface area contributed by atoms with E-state index in [0.29, 0.717) is 0 Å². The summed E-state index contributed by atoms with van der Waals surface area (Å²) in [5.41, 5.74) is 2.10. The van der Waals surface area contributed by atoms with Crippen LogP contribution in [-0.4, -0.2) is 44.1 Å². The monoisotopic (exact) mass is 393 g/mol. The number of carboxylic acid groups (broad SMARTS) is 2. The second kappa shape index (κ2) is 10.3. The van der Waals surface area contributed by atoms with Crippen molar-refractivity contribution in [3.63, 3.8) is 0 Å². The van der Waals surface area contributed by atoms with E-state index in [0.717, 1.165) is 11.4 Å². The number of nitrogens with one attached hydrogen (secondary N) is 1. The number of amides is 1. The summed E-state index contributed by atoms with van der Waals surface area (Å²) in [5.74, 6) is -2.78. The third-order valence-electron chi connectivity index (χ3n) is 3.70. The number of aliphatic carboxylic acids is 1. The van der Waals surface area contributed by atoms with Crippen LogP contribution in [-0.2, 0) is 4.79 Å². The van der Waals surface area contributed by atoms with E-state index < -0.39 is 23.9 Å². The maximum absolute atomic E-state index is 11.5. The van der Waals surface area contributed by atoms with Crippen molar-refractivity contribution >= 4 is 17.8 Å². The van der Waals surface area contributed by atoms with Gasteiger partial charge in [-0.05, 0) is 55.5 Å². The highest BCUT2D eigenvalue weighted by molar-refractivity contribution is 5.97. The Morgan fingerprint density at radius 1 is 0.793 bits per heavy atom. The van der Waals surface area contributed by atoms with Crippen LogP contribution in [0.3, 0.4) is 0 Å². The Morgan fingerprint density at radius 2 is 1.28 bits per heavy atom. The predicted molar refractivity (Wildman–Crippen MR) is 105 cm³/mol. The van der Waals surface area contributed by atoms with Crippen molar-refractivity contribution in [1.29, 1.82) is 0 Å². The van der Waals surface area contributed by atoms with Crippen molar-refractivity contribution in [2.75, 3.05) is 0 Å². The van der Waals surface area contributed by atoms with Crippen molar-refractivity contribution in [3.05, 3.63) is 84.2 Å². The van der Waals surface area contributed by atoms with Crippen LogP contribution < -0.4 is 5.32 Å². The Morgan fingerprint density at radius 3 is 1.66 bits per heavy atom. The Labute approximate surface area is 166 Å². The summed E-state index contributed by atoms with van der Waals surface area (Å²) in [5, 5.41) is 19.5. The average molecular weight is 393 g/mol. The van der Waals surface area contributed by atoms with Gasteiger partial charge in [0.05, 0.1) is 17.0 Å². The number of carboxylic acids is 2. The molecule has 8 heteroatoms. The molecule has 3 rings (SSSR count). The molecule has 0 aliphatic heterocycles. The Balaban J connectivity index is 0.000000218. The SMILES string of the molecule is C[C@@H](NC(=O)c1ccc(C(=O)O)cc1)C(=O)O.c1ccc(-c2ccccn2)nc1. The maximum atomic E-state index is 11.5. The van der Waals surface area contributed by atoms with Gasteiger partial charge in [-0.1, -0.05) is 12.1 Å². The fourth-order valence-corrected chi connectivity index (χ4v) is 2.13. The zero-order chi connectivity index (χ0) is 21.2. The van der Waals surface area contributed by atoms with Crippen LogP contribution in [0.1, 0.15) is 27.6 Å². The second-order valence-corrected chi connectivity index (χ2v) is 5.85. The third-order valence-corrected chi connectivity index (χ3v) is 3.70. The van der Waals surface area contributed by atoms with Crippen molar-refractivity contribution in [2.24, 2.45) is 0 Å². The molecule has 0 unspecified atom stereocenters. The first-order valence-corrected chi connectivity index (χ1v) is 8.58. The number of carbonyl (C=O) groups is 3. The number of nitrogens with zero attached hydrogens (tertiary/aromatic N) is 2. The van der Waals surface area contributed by atoms with Gasteiger partial charge in [-0.15, -0.1) is 0 Å². The van der Waals surface area contributed by atoms with Gasteiger partial charge in [0.15, 0.2) is 0 Å². The lowest BCUT2D eigenvalue weighted by molar-refractivity contribution is -0.138. The standard InChI is InChI=1S/C11H11NO5.C10H8N2/c1-6(10(14)15)12-9(13)7-2-4-8(5-3-7)11(16)17;1-3-7-11-9(5-1)10-6-2-4-8-12-10/h2-6H,1H3,(H,12,13)(H,14,15)(H,16,17);1-8H/t6-;/m1./s1. The molecular formula is C21H19N3O5. The first kappa shape index (κ1) is 21.2. The van der Waals surface area contributed by atoms with Gasteiger partial charge in [-0.2, -0.15) is 0 Å². The number of rotatable bonds is 5. The van der Waals surface area contributed by atoms with Gasteiger partial charge >= 0.3 is 11.9 Å². The zero-order valence-corrected chi connectivity index (χ0v) is 15.5. The zero-order valence-electron chi connectivity index (χ0n) is 15.5. The second-order valence-electron chi connectivity index (χ2n) is 5.85. The average Bonchev–Trinajstić information content (AvgIpc) is 2.75. The summed E-state index contributed by atoms with van der Waals surface area (Å²) in [6.45, 7) is 1.34. The third kappa shape index (κ3) is 6.55. The molecule has 1 amide bonds. The molecule has 1 atom stereocenters. The first-order chi connectivity index (χ1) is 13.9. The number of pyridine rings is 2. The van der Waals surface area contributed by atoms with Gasteiger partial charge in [0, 0.05) is 18.0 Å². The predicted octanol–water partition coefficient (Wildman–Crippen LogP) is 2.73. The topological polar surface area (TPSA) is 129 Å². The van der Waals surface area contributed by atoms with Crippen LogP contribution in [0.5, 0.6) is 0 Å². The highest BCUT2D eigenvalue weighted by Gasteiger charge is 2.15. The van der Waals surface area contributed by atoms with Gasteiger partial charge < -0.3 is 15.5 Å². The summed E-state index contributed by atoms with van der Waals surface area (Å²) < 4.78 is 0. The van der Waals surface area contributed by atoms with Crippen molar-refractivity contribution < 1.29 is 24.6 Å². The van der Waals surface area contributed by atoms with E-state index in [-0.39, 0.29) is 11.1 Å². The molecule has 0 aliphatic rings. The van der Waals surface area contributed by atoms with E-state index in [9.17, 15) is 14.4 Å². The van der Waals surface area contributed by atoms with Crippen LogP contribution in [0, 0.1) is 0 Å². The summed E-state index contributed by atoms with van der Waals surface area (Å²) in [6.07, 6.45) is 3.54. The molecule has 2 heterocycles. The Hall–Kier alpha value is -4.07. The Bertz CT molecular complexity index is 923. The van der Waals surface area contributed by atoms with Crippen LogP contribution >= 0.6 is 0 Å². The van der Waals surface area contributed by atoms with Gasteiger partial charge in [0.1, 0.15) is 6.04 Å². The summed E-state index contributed by atoms with van der Waals surface area (Å²) >= 11 is 0. The summed E-state index contributed by atoms with van der Waals surface area (Å²) in [6, 6.07) is 15.8. The lowest BCUT2D eigenvalue weighted by atomic mass is 10.1. The first-order valence-electron chi connectivity index (χ1n) is 8.58. The molecule has 3 N–H and O–H groups in total. The quantitative estimate of drug-likeness (QED) is 0.608. The minimum atomic E-state index is -1.14. The van der Waals surface area contributed by atoms with E-state index in [1.54, 1.807) is 12.4 Å². The van der Waals surface area contributed by atoms with E-state index >= 15 is 0 Å². The maximum Gasteiger partial charge on any atom is 0.335 e. The molecule has 0 fully saturated rings. The van der Waals surface area contributed by atoms with E-state index in [1.165, 1.54) is 31.2 Å². The fourth-order valence-electron chi connectivity index (χ4n) is 2.13. The lowest BCUT2D eigenvalue weighted by Gasteiger charge is -2.09. The van der Waals surface area contributed by atoms with Crippen molar-refractivity contribution in [3.8, 4) is 11.4 Å². The summed E-state index contributed by atoms with van der Waals surface area (Å²) in [7, 11) is 0. The van der Waals surface area contributed by atoms with Crippen LogP contribution in [0.15, 0.2) is 73.1 Å². The van der Waals surface area contributed by atoms with Gasteiger partial charge in [0.2, 0.25) is 0 Å². The van der Waals surface area contributed by atoms with Crippen molar-refractivity contribution in [1.82, 2.24) is 15.3 Å². The molecule has 2 aromatic heterocycles. The van der Waals surface area contributed by atoms with Gasteiger partial charge in [-0.3, -0.25) is 19.6 Å². The number of aromatic carboxylic acids is 1. The van der Waals surface area contributed by atoms with E-state index in [1.807, 2.05) is 36.4 Å². The smallest absolute Gasteiger partial charge is 0.335 e. The molecular weight excluding hydrogens is 374 g/mol. The molecule has 0 spiro atoms. The highest BCUT2D eigenvalue weighted by Crippen LogP contribution is 2.11. The Kier molecular flexibility index (Phi) is 7.55. The molecule has 0 bridgehead atoms. The van der Waals surface area contributed by atoms with E-state index in [2.05, 4.69) is 15.3 Å². The number of aromatic nitrogens is 2. The van der Waals surface area contributed by atoms with Crippen molar-refractivity contribution in [2.45, 2.75) is 13.0 Å². The van der Waals surface area contributed by atoms with Crippen LogP contribution in [0.4, 0.5) is 0 Å².